The fourth-order valence-corrected chi connectivity index (χ4v) is 13.1. The summed E-state index contributed by atoms with van der Waals surface area (Å²) < 4.78 is 35.7. The van der Waals surface area contributed by atoms with Gasteiger partial charge in [0, 0.05) is 17.6 Å². The smallest absolute Gasteiger partial charge is 0.164 e. The normalized spacial score (nSPS) is 39.1. The average Bonchev–Trinajstić information content (AvgIpc) is 3.48. The molecule has 0 amide bonds. The maximum Gasteiger partial charge on any atom is 0.164 e. The van der Waals surface area contributed by atoms with Crippen LogP contribution in [-0.4, -0.2) is 80.4 Å². The minimum absolute atomic E-state index is 0.207. The summed E-state index contributed by atoms with van der Waals surface area (Å²) in [5.74, 6) is -1.09. The van der Waals surface area contributed by atoms with Crippen LogP contribution in [0, 0.1) is 0 Å². The average molecular weight is 639 g/mol. The molecular formula is C33H62O6Si3. The highest BCUT2D eigenvalue weighted by atomic mass is 28.3. The summed E-state index contributed by atoms with van der Waals surface area (Å²) in [5.41, 5.74) is 1.57. The van der Waals surface area contributed by atoms with E-state index in [2.05, 4.69) is 57.5 Å². The summed E-state index contributed by atoms with van der Waals surface area (Å²) >= 11 is 0. The highest BCUT2D eigenvalue weighted by Crippen LogP contribution is 2.44. The van der Waals surface area contributed by atoms with Gasteiger partial charge in [0.2, 0.25) is 0 Å². The molecule has 42 heavy (non-hydrogen) atoms. The molecule has 9 heteroatoms. The SMILES string of the molecule is C[SiH](C)C1=CCC[C@@H]2OC(C)(C)O[C@H]12.C[SiH](C)C1CC=C[C@@H]2OC(C)(C)O[C@H]12.C[SiH](C)C1CCC[C@@H]2OC(C)(C)O[C@H]12. The molecule has 242 valence electrons. The molecule has 1 saturated carbocycles. The van der Waals surface area contributed by atoms with E-state index in [0.29, 0.717) is 24.4 Å². The molecule has 0 N–H and O–H groups in total. The van der Waals surface area contributed by atoms with E-state index in [-0.39, 0.29) is 29.6 Å². The lowest BCUT2D eigenvalue weighted by molar-refractivity contribution is -0.145. The predicted octanol–water partition coefficient (Wildman–Crippen LogP) is 7.12. The molecule has 0 aromatic heterocycles. The standard InChI is InChI=1S/C11H22O2Si.2C11H20O2Si/c3*1-11(2)12-8-6-5-7-9(14(3)4)10(8)13-11/h8-10,14H,5-7H2,1-4H3;7-8,10,14H,5-6H2,1-4H3;5-6,8-10,14H,7H2,1-4H3/t8-,9?,10-;8-,10-;8-,9?,10-/m000/s1. The third-order valence-corrected chi connectivity index (χ3v) is 16.4. The number of hydrogen-bond acceptors (Lipinski definition) is 6. The zero-order valence-corrected chi connectivity index (χ0v) is 32.2. The van der Waals surface area contributed by atoms with Crippen molar-refractivity contribution in [2.75, 3.05) is 0 Å². The number of rotatable bonds is 3. The molecule has 3 heterocycles. The van der Waals surface area contributed by atoms with Crippen LogP contribution in [0.5, 0.6) is 0 Å². The van der Waals surface area contributed by atoms with E-state index in [4.69, 9.17) is 28.4 Å². The van der Waals surface area contributed by atoms with Gasteiger partial charge in [-0.2, -0.15) is 0 Å². The first-order valence-corrected chi connectivity index (χ1v) is 25.8. The second kappa shape index (κ2) is 13.7. The van der Waals surface area contributed by atoms with Gasteiger partial charge in [-0.05, 0) is 78.3 Å². The zero-order valence-electron chi connectivity index (χ0n) is 28.8. The fraction of sp³-hybridized carbons (Fsp3) is 0.879. The van der Waals surface area contributed by atoms with Gasteiger partial charge in [0.25, 0.3) is 0 Å². The molecule has 0 aromatic carbocycles. The maximum absolute atomic E-state index is 6.04. The van der Waals surface area contributed by atoms with E-state index in [0.717, 1.165) is 17.5 Å². The molecule has 2 unspecified atom stereocenters. The highest BCUT2D eigenvalue weighted by molar-refractivity contribution is 6.64. The topological polar surface area (TPSA) is 55.4 Å². The van der Waals surface area contributed by atoms with Crippen LogP contribution < -0.4 is 0 Å². The molecule has 6 nitrogen and oxygen atoms in total. The monoisotopic (exact) mass is 638 g/mol. The lowest BCUT2D eigenvalue weighted by Crippen LogP contribution is -2.37. The van der Waals surface area contributed by atoms with E-state index in [1.54, 1.807) is 5.20 Å². The Morgan fingerprint density at radius 3 is 1.88 bits per heavy atom. The zero-order chi connectivity index (χ0) is 31.0. The minimum atomic E-state index is -0.728. The minimum Gasteiger partial charge on any atom is -0.345 e. The Morgan fingerprint density at radius 1 is 0.643 bits per heavy atom. The lowest BCUT2D eigenvalue weighted by Gasteiger charge is -2.33. The van der Waals surface area contributed by atoms with Gasteiger partial charge in [-0.15, -0.1) is 0 Å². The summed E-state index contributed by atoms with van der Waals surface area (Å²) in [5, 5.41) is 1.56. The number of hydrogen-bond donors (Lipinski definition) is 0. The number of allylic oxidation sites excluding steroid dienone is 2. The van der Waals surface area contributed by atoms with Crippen molar-refractivity contribution in [1.82, 2.24) is 0 Å². The van der Waals surface area contributed by atoms with Crippen LogP contribution in [0.15, 0.2) is 23.4 Å². The lowest BCUT2D eigenvalue weighted by atomic mass is 9.94. The second-order valence-electron chi connectivity index (χ2n) is 15.6. The van der Waals surface area contributed by atoms with Crippen molar-refractivity contribution in [3.05, 3.63) is 23.4 Å². The third-order valence-electron chi connectivity index (χ3n) is 9.71. The van der Waals surface area contributed by atoms with Crippen molar-refractivity contribution in [3.8, 4) is 0 Å². The summed E-state index contributed by atoms with van der Waals surface area (Å²) in [6, 6.07) is 0. The van der Waals surface area contributed by atoms with Crippen molar-refractivity contribution in [1.29, 1.82) is 0 Å². The maximum atomic E-state index is 6.04. The highest BCUT2D eigenvalue weighted by Gasteiger charge is 2.48. The van der Waals surface area contributed by atoms with Crippen LogP contribution in [-0.2, 0) is 28.4 Å². The first-order valence-electron chi connectivity index (χ1n) is 16.9. The number of ether oxygens (including phenoxy) is 6. The van der Waals surface area contributed by atoms with Crippen molar-refractivity contribution in [2.24, 2.45) is 0 Å². The molecule has 0 bridgehead atoms. The second-order valence-corrected chi connectivity index (χ2v) is 25.3. The Bertz CT molecular complexity index is 959. The van der Waals surface area contributed by atoms with Crippen LogP contribution in [0.4, 0.5) is 0 Å². The molecule has 0 aromatic rings. The molecule has 3 aliphatic carbocycles. The third kappa shape index (κ3) is 8.57. The molecular weight excluding hydrogens is 577 g/mol. The Balaban J connectivity index is 0.000000145. The summed E-state index contributed by atoms with van der Waals surface area (Å²) in [6.45, 7) is 26.5. The van der Waals surface area contributed by atoms with Gasteiger partial charge in [0.1, 0.15) is 12.2 Å². The largest absolute Gasteiger partial charge is 0.345 e. The van der Waals surface area contributed by atoms with E-state index >= 15 is 0 Å². The summed E-state index contributed by atoms with van der Waals surface area (Å²) in [4.78, 5) is 0. The van der Waals surface area contributed by atoms with Crippen LogP contribution in [0.2, 0.25) is 50.4 Å². The van der Waals surface area contributed by atoms with Gasteiger partial charge in [0.05, 0.1) is 33.2 Å². The first kappa shape index (κ1) is 34.8. The molecule has 0 spiro atoms. The van der Waals surface area contributed by atoms with Crippen LogP contribution >= 0.6 is 0 Å². The first-order chi connectivity index (χ1) is 19.5. The van der Waals surface area contributed by atoms with Crippen LogP contribution in [0.3, 0.4) is 0 Å². The van der Waals surface area contributed by atoms with Gasteiger partial charge in [0.15, 0.2) is 17.4 Å². The van der Waals surface area contributed by atoms with Gasteiger partial charge in [-0.1, -0.05) is 75.5 Å². The van der Waals surface area contributed by atoms with E-state index < -0.39 is 26.4 Å². The van der Waals surface area contributed by atoms with Gasteiger partial charge < -0.3 is 28.4 Å². The van der Waals surface area contributed by atoms with E-state index in [9.17, 15) is 0 Å². The molecule has 6 rings (SSSR count). The Kier molecular flexibility index (Phi) is 11.3. The summed E-state index contributed by atoms with van der Waals surface area (Å²) in [6.07, 6.45) is 16.1. The molecule has 0 radical (unpaired) electrons. The predicted molar refractivity (Wildman–Crippen MR) is 181 cm³/mol. The van der Waals surface area contributed by atoms with Crippen molar-refractivity contribution < 1.29 is 28.4 Å². The van der Waals surface area contributed by atoms with Gasteiger partial charge in [-0.3, -0.25) is 0 Å². The van der Waals surface area contributed by atoms with E-state index in [1.807, 2.05) is 41.5 Å². The van der Waals surface area contributed by atoms with Gasteiger partial charge >= 0.3 is 0 Å². The quantitative estimate of drug-likeness (QED) is 0.242. The Hall–Kier alpha value is -0.109. The van der Waals surface area contributed by atoms with E-state index in [1.165, 1.54) is 32.1 Å². The Morgan fingerprint density at radius 2 is 1.24 bits per heavy atom. The van der Waals surface area contributed by atoms with Crippen LogP contribution in [0.1, 0.15) is 80.1 Å². The Labute approximate surface area is 262 Å². The fourth-order valence-electron chi connectivity index (χ4n) is 7.76. The van der Waals surface area contributed by atoms with Crippen LogP contribution in [0.25, 0.3) is 0 Å². The van der Waals surface area contributed by atoms with Crippen molar-refractivity contribution >= 4 is 26.4 Å². The molecule has 8 atom stereocenters. The van der Waals surface area contributed by atoms with Crippen molar-refractivity contribution in [3.63, 3.8) is 0 Å². The summed E-state index contributed by atoms with van der Waals surface area (Å²) in [7, 11) is -1.96. The van der Waals surface area contributed by atoms with Gasteiger partial charge in [-0.25, -0.2) is 0 Å². The number of fused-ring (bicyclic) bond motifs is 3. The molecule has 3 saturated heterocycles. The molecule has 3 aliphatic heterocycles. The molecule has 4 fully saturated rings. The van der Waals surface area contributed by atoms with Crippen molar-refractivity contribution in [2.45, 2.75) is 184 Å². The molecule has 6 aliphatic rings.